The van der Waals surface area contributed by atoms with Crippen molar-refractivity contribution in [2.75, 3.05) is 10.5 Å². The van der Waals surface area contributed by atoms with Crippen LogP contribution in [0.1, 0.15) is 0 Å². The highest BCUT2D eigenvalue weighted by Gasteiger charge is 2.28. The summed E-state index contributed by atoms with van der Waals surface area (Å²) in [5.74, 6) is -1.14. The maximum Gasteiger partial charge on any atom is 0.398 e. The molecule has 1 aromatic carbocycles. The number of para-hydroxylation sites is 1. The summed E-state index contributed by atoms with van der Waals surface area (Å²) in [6.07, 6.45) is -4.37. The van der Waals surface area contributed by atoms with Crippen LogP contribution in [-0.4, -0.2) is 25.3 Å². The predicted octanol–water partition coefficient (Wildman–Crippen LogP) is 4.84. The first-order chi connectivity index (χ1) is 11.1. The van der Waals surface area contributed by atoms with Gasteiger partial charge in [-0.3, -0.25) is 4.72 Å². The third-order valence-electron chi connectivity index (χ3n) is 2.59. The molecule has 0 fully saturated rings. The molecule has 1 N–H and O–H groups in total. The van der Waals surface area contributed by atoms with E-state index >= 15 is 0 Å². The standard InChI is InChI=1S/C13H9Cl2F3N2O2S2/c14-11-6-5-10(12(15)19-11)24(21,22)20-8-3-1-2-4-9(8)23-7-13(16,17)18/h1-6,20H,7H2. The Bertz CT molecular complexity index is 845. The van der Waals surface area contributed by atoms with E-state index < -0.39 is 22.0 Å². The van der Waals surface area contributed by atoms with Crippen LogP contribution in [0.2, 0.25) is 10.3 Å². The van der Waals surface area contributed by atoms with Crippen LogP contribution in [0.4, 0.5) is 18.9 Å². The molecule has 0 radical (unpaired) electrons. The van der Waals surface area contributed by atoms with Gasteiger partial charge in [-0.05, 0) is 24.3 Å². The number of benzene rings is 1. The molecule has 2 aromatic rings. The van der Waals surface area contributed by atoms with Gasteiger partial charge in [-0.15, -0.1) is 11.8 Å². The van der Waals surface area contributed by atoms with Crippen LogP contribution < -0.4 is 4.72 Å². The third-order valence-corrected chi connectivity index (χ3v) is 5.74. The van der Waals surface area contributed by atoms with Crippen molar-refractivity contribution in [1.29, 1.82) is 0 Å². The maximum absolute atomic E-state index is 12.4. The van der Waals surface area contributed by atoms with E-state index in [2.05, 4.69) is 9.71 Å². The van der Waals surface area contributed by atoms with Gasteiger partial charge in [0.25, 0.3) is 10.0 Å². The fourth-order valence-electron chi connectivity index (χ4n) is 1.64. The minimum Gasteiger partial charge on any atom is -0.278 e. The SMILES string of the molecule is O=S(=O)(Nc1ccccc1SCC(F)(F)F)c1ccc(Cl)nc1Cl. The number of alkyl halides is 3. The molecule has 0 amide bonds. The number of aromatic nitrogens is 1. The molecular formula is C13H9Cl2F3N2O2S2. The highest BCUT2D eigenvalue weighted by molar-refractivity contribution is 7.99. The molecule has 0 aliphatic rings. The van der Waals surface area contributed by atoms with E-state index in [1.54, 1.807) is 0 Å². The van der Waals surface area contributed by atoms with Crippen LogP contribution >= 0.6 is 35.0 Å². The molecule has 0 saturated carbocycles. The molecular weight excluding hydrogens is 408 g/mol. The predicted molar refractivity (Wildman–Crippen MR) is 88.3 cm³/mol. The molecule has 1 heterocycles. The van der Waals surface area contributed by atoms with Gasteiger partial charge in [-0.2, -0.15) is 13.2 Å². The van der Waals surface area contributed by atoms with E-state index in [1.165, 1.54) is 30.3 Å². The Hall–Kier alpha value is -1.16. The Morgan fingerprint density at radius 1 is 1.12 bits per heavy atom. The molecule has 0 unspecified atom stereocenters. The minimum absolute atomic E-state index is 0.0118. The number of sulfonamides is 1. The molecule has 24 heavy (non-hydrogen) atoms. The third kappa shape index (κ3) is 5.17. The highest BCUT2D eigenvalue weighted by Crippen LogP contribution is 2.33. The van der Waals surface area contributed by atoms with Gasteiger partial charge in [0.1, 0.15) is 10.0 Å². The Morgan fingerprint density at radius 3 is 2.42 bits per heavy atom. The molecule has 0 aliphatic carbocycles. The van der Waals surface area contributed by atoms with Gasteiger partial charge in [-0.1, -0.05) is 35.3 Å². The van der Waals surface area contributed by atoms with E-state index in [0.717, 1.165) is 6.07 Å². The second-order valence-corrected chi connectivity index (χ2v) is 7.84. The van der Waals surface area contributed by atoms with Crippen molar-refractivity contribution in [2.24, 2.45) is 0 Å². The van der Waals surface area contributed by atoms with Gasteiger partial charge in [0, 0.05) is 4.90 Å². The fraction of sp³-hybridized carbons (Fsp3) is 0.154. The Balaban J connectivity index is 2.30. The lowest BCUT2D eigenvalue weighted by Gasteiger charge is -2.13. The Morgan fingerprint density at radius 2 is 1.79 bits per heavy atom. The second-order valence-electron chi connectivity index (χ2n) is 4.43. The lowest BCUT2D eigenvalue weighted by atomic mass is 10.3. The lowest BCUT2D eigenvalue weighted by molar-refractivity contribution is -0.105. The molecule has 2 rings (SSSR count). The molecule has 0 bridgehead atoms. The number of rotatable bonds is 5. The zero-order valence-corrected chi connectivity index (χ0v) is 14.8. The summed E-state index contributed by atoms with van der Waals surface area (Å²) in [6.45, 7) is 0. The monoisotopic (exact) mass is 416 g/mol. The molecule has 4 nitrogen and oxygen atoms in total. The van der Waals surface area contributed by atoms with Crippen molar-refractivity contribution in [3.05, 3.63) is 46.7 Å². The summed E-state index contributed by atoms with van der Waals surface area (Å²) in [6, 6.07) is 8.14. The smallest absolute Gasteiger partial charge is 0.278 e. The van der Waals surface area contributed by atoms with Gasteiger partial charge >= 0.3 is 6.18 Å². The van der Waals surface area contributed by atoms with Crippen molar-refractivity contribution in [3.63, 3.8) is 0 Å². The number of thioether (sulfide) groups is 1. The van der Waals surface area contributed by atoms with Crippen LogP contribution in [0.25, 0.3) is 0 Å². The quantitative estimate of drug-likeness (QED) is 0.559. The second kappa shape index (κ2) is 7.38. The van der Waals surface area contributed by atoms with E-state index in [0.29, 0.717) is 11.8 Å². The summed E-state index contributed by atoms with van der Waals surface area (Å²) in [5, 5.41) is -0.324. The number of pyridine rings is 1. The number of anilines is 1. The molecule has 0 atom stereocenters. The van der Waals surface area contributed by atoms with Gasteiger partial charge < -0.3 is 0 Å². The highest BCUT2D eigenvalue weighted by atomic mass is 35.5. The maximum atomic E-state index is 12.4. The summed E-state index contributed by atoms with van der Waals surface area (Å²) in [4.78, 5) is 3.44. The summed E-state index contributed by atoms with van der Waals surface area (Å²) < 4.78 is 64.1. The molecule has 0 spiro atoms. The number of hydrogen-bond acceptors (Lipinski definition) is 4. The molecule has 1 aromatic heterocycles. The van der Waals surface area contributed by atoms with E-state index in [4.69, 9.17) is 23.2 Å². The van der Waals surface area contributed by atoms with Crippen LogP contribution in [0, 0.1) is 0 Å². The van der Waals surface area contributed by atoms with Crippen molar-refractivity contribution in [2.45, 2.75) is 16.0 Å². The normalized spacial score (nSPS) is 12.2. The van der Waals surface area contributed by atoms with Gasteiger partial charge in [-0.25, -0.2) is 13.4 Å². The summed E-state index contributed by atoms with van der Waals surface area (Å²) in [7, 11) is -4.13. The average molecular weight is 417 g/mol. The topological polar surface area (TPSA) is 59.1 Å². The number of nitrogens with zero attached hydrogens (tertiary/aromatic N) is 1. The minimum atomic E-state index is -4.37. The van der Waals surface area contributed by atoms with Crippen LogP contribution in [0.3, 0.4) is 0 Å². The number of halogens is 5. The number of hydrogen-bond donors (Lipinski definition) is 1. The fourth-order valence-corrected chi connectivity index (χ4v) is 4.21. The van der Waals surface area contributed by atoms with Gasteiger partial charge in [0.2, 0.25) is 0 Å². The van der Waals surface area contributed by atoms with Gasteiger partial charge in [0.05, 0.1) is 11.4 Å². The van der Waals surface area contributed by atoms with Crippen molar-refractivity contribution in [3.8, 4) is 0 Å². The van der Waals surface area contributed by atoms with Crippen molar-refractivity contribution < 1.29 is 21.6 Å². The Kier molecular flexibility index (Phi) is 5.90. The van der Waals surface area contributed by atoms with Crippen molar-refractivity contribution in [1.82, 2.24) is 4.98 Å². The lowest BCUT2D eigenvalue weighted by Crippen LogP contribution is -2.15. The summed E-state index contributed by atoms with van der Waals surface area (Å²) in [5.41, 5.74) is 0.0118. The average Bonchev–Trinajstić information content (AvgIpc) is 2.44. The molecule has 130 valence electrons. The molecule has 0 saturated heterocycles. The zero-order chi connectivity index (χ0) is 18.0. The van der Waals surface area contributed by atoms with E-state index in [1.807, 2.05) is 0 Å². The van der Waals surface area contributed by atoms with Crippen LogP contribution in [-0.2, 0) is 10.0 Å². The van der Waals surface area contributed by atoms with Crippen molar-refractivity contribution >= 4 is 50.7 Å². The van der Waals surface area contributed by atoms with Gasteiger partial charge in [0.15, 0.2) is 5.15 Å². The van der Waals surface area contributed by atoms with Crippen LogP contribution in [0.5, 0.6) is 0 Å². The Labute approximate surface area is 150 Å². The largest absolute Gasteiger partial charge is 0.398 e. The van der Waals surface area contributed by atoms with Crippen LogP contribution in [0.15, 0.2) is 46.2 Å². The zero-order valence-electron chi connectivity index (χ0n) is 11.6. The van der Waals surface area contributed by atoms with E-state index in [-0.39, 0.29) is 25.8 Å². The number of nitrogens with one attached hydrogen (secondary N) is 1. The first kappa shape index (κ1) is 19.2. The first-order valence-corrected chi connectivity index (χ1v) is 9.44. The first-order valence-electron chi connectivity index (χ1n) is 6.22. The molecule has 11 heteroatoms. The summed E-state index contributed by atoms with van der Waals surface area (Å²) >= 11 is 11.9. The van der Waals surface area contributed by atoms with E-state index in [9.17, 15) is 21.6 Å². The molecule has 0 aliphatic heterocycles.